The fraction of sp³-hybridized carbons (Fsp3) is 0.458. The molecule has 30 heavy (non-hydrogen) atoms. The summed E-state index contributed by atoms with van der Waals surface area (Å²) < 4.78 is 6.09. The Morgan fingerprint density at radius 3 is 2.37 bits per heavy atom. The van der Waals surface area contributed by atoms with E-state index in [2.05, 4.69) is 4.98 Å². The average Bonchev–Trinajstić information content (AvgIpc) is 3.23. The number of carbonyl (C=O) groups excluding carboxylic acids is 2. The van der Waals surface area contributed by atoms with E-state index >= 15 is 0 Å². The molecule has 2 aliphatic heterocycles. The minimum atomic E-state index is 0.0609. The summed E-state index contributed by atoms with van der Waals surface area (Å²) in [7, 11) is 0. The molecule has 2 fully saturated rings. The van der Waals surface area contributed by atoms with Gasteiger partial charge in [-0.1, -0.05) is 18.2 Å². The first-order valence-electron chi connectivity index (χ1n) is 10.7. The molecule has 6 nitrogen and oxygen atoms in total. The first-order valence-corrected chi connectivity index (χ1v) is 10.7. The van der Waals surface area contributed by atoms with Crippen LogP contribution in [0.1, 0.15) is 30.1 Å². The second-order valence-corrected chi connectivity index (χ2v) is 8.34. The van der Waals surface area contributed by atoms with Crippen LogP contribution in [0.5, 0.6) is 5.75 Å². The molecule has 2 unspecified atom stereocenters. The molecule has 0 spiro atoms. The highest BCUT2D eigenvalue weighted by molar-refractivity contribution is 5.94. The molecule has 2 aromatic rings. The first kappa shape index (κ1) is 20.4. The van der Waals surface area contributed by atoms with Crippen molar-refractivity contribution in [3.8, 4) is 5.75 Å². The number of para-hydroxylation sites is 1. The summed E-state index contributed by atoms with van der Waals surface area (Å²) in [4.78, 5) is 32.7. The molecule has 158 valence electrons. The zero-order valence-electron chi connectivity index (χ0n) is 17.4. The zero-order chi connectivity index (χ0) is 20.9. The van der Waals surface area contributed by atoms with Gasteiger partial charge in [0.2, 0.25) is 5.91 Å². The van der Waals surface area contributed by atoms with Gasteiger partial charge in [-0.15, -0.1) is 0 Å². The van der Waals surface area contributed by atoms with Crippen LogP contribution in [-0.2, 0) is 4.79 Å². The standard InChI is InChI=1S/C24H29N3O3/c1-18(28)26-13-9-19(10-14-26)23-16-27(24(29)20-7-11-25-12-8-20)15-21(23)17-30-22-5-3-2-4-6-22/h2-8,11-12,19,21,23H,9-10,13-17H2,1H3. The van der Waals surface area contributed by atoms with Crippen LogP contribution in [0.2, 0.25) is 0 Å². The predicted octanol–water partition coefficient (Wildman–Crippen LogP) is 3.11. The quantitative estimate of drug-likeness (QED) is 0.764. The van der Waals surface area contributed by atoms with Crippen LogP contribution in [0, 0.1) is 17.8 Å². The lowest BCUT2D eigenvalue weighted by atomic mass is 9.78. The largest absolute Gasteiger partial charge is 0.493 e. The number of benzene rings is 1. The Bertz CT molecular complexity index is 851. The van der Waals surface area contributed by atoms with Crippen LogP contribution < -0.4 is 4.74 Å². The van der Waals surface area contributed by atoms with Gasteiger partial charge in [-0.3, -0.25) is 14.6 Å². The van der Waals surface area contributed by atoms with Gasteiger partial charge >= 0.3 is 0 Å². The summed E-state index contributed by atoms with van der Waals surface area (Å²) in [6.45, 7) is 5.30. The van der Waals surface area contributed by atoms with Crippen LogP contribution in [-0.4, -0.2) is 59.4 Å². The predicted molar refractivity (Wildman–Crippen MR) is 114 cm³/mol. The maximum atomic E-state index is 13.0. The zero-order valence-corrected chi connectivity index (χ0v) is 17.4. The number of pyridine rings is 1. The lowest BCUT2D eigenvalue weighted by Crippen LogP contribution is -2.40. The third kappa shape index (κ3) is 4.64. The van der Waals surface area contributed by atoms with Crippen molar-refractivity contribution < 1.29 is 14.3 Å². The Hall–Kier alpha value is -2.89. The topological polar surface area (TPSA) is 62.7 Å². The van der Waals surface area contributed by atoms with Crippen molar-refractivity contribution in [2.24, 2.45) is 17.8 Å². The summed E-state index contributed by atoms with van der Waals surface area (Å²) in [6, 6.07) is 13.4. The highest BCUT2D eigenvalue weighted by Crippen LogP contribution is 2.36. The SMILES string of the molecule is CC(=O)N1CCC(C2CN(C(=O)c3ccncc3)CC2COc2ccccc2)CC1. The lowest BCUT2D eigenvalue weighted by molar-refractivity contribution is -0.130. The Balaban J connectivity index is 1.46. The van der Waals surface area contributed by atoms with Crippen molar-refractivity contribution >= 4 is 11.8 Å². The first-order chi connectivity index (χ1) is 14.6. The van der Waals surface area contributed by atoms with Gasteiger partial charge in [0.05, 0.1) is 6.61 Å². The van der Waals surface area contributed by atoms with Gasteiger partial charge in [0.25, 0.3) is 5.91 Å². The van der Waals surface area contributed by atoms with E-state index in [4.69, 9.17) is 4.74 Å². The molecule has 2 aliphatic rings. The number of ether oxygens (including phenoxy) is 1. The number of hydrogen-bond donors (Lipinski definition) is 0. The molecule has 6 heteroatoms. The van der Waals surface area contributed by atoms with Gasteiger partial charge in [-0.25, -0.2) is 0 Å². The van der Waals surface area contributed by atoms with Gasteiger partial charge in [-0.2, -0.15) is 0 Å². The number of likely N-dealkylation sites (tertiary alicyclic amines) is 2. The summed E-state index contributed by atoms with van der Waals surface area (Å²) in [5.74, 6) is 2.24. The summed E-state index contributed by atoms with van der Waals surface area (Å²) >= 11 is 0. The van der Waals surface area contributed by atoms with E-state index in [-0.39, 0.29) is 17.7 Å². The normalized spacial score (nSPS) is 22.2. The highest BCUT2D eigenvalue weighted by Gasteiger charge is 2.41. The number of nitrogens with zero attached hydrogens (tertiary/aromatic N) is 3. The van der Waals surface area contributed by atoms with Crippen molar-refractivity contribution in [1.82, 2.24) is 14.8 Å². The Kier molecular flexibility index (Phi) is 6.31. The third-order valence-corrected chi connectivity index (χ3v) is 6.50. The summed E-state index contributed by atoms with van der Waals surface area (Å²) in [5, 5.41) is 0. The van der Waals surface area contributed by atoms with E-state index < -0.39 is 0 Å². The van der Waals surface area contributed by atoms with E-state index in [0.717, 1.165) is 38.2 Å². The molecule has 2 atom stereocenters. The van der Waals surface area contributed by atoms with Crippen LogP contribution in [0.3, 0.4) is 0 Å². The maximum Gasteiger partial charge on any atom is 0.253 e. The fourth-order valence-electron chi connectivity index (χ4n) is 4.81. The Morgan fingerprint density at radius 2 is 1.70 bits per heavy atom. The number of rotatable bonds is 5. The second-order valence-electron chi connectivity index (χ2n) is 8.34. The minimum Gasteiger partial charge on any atom is -0.493 e. The molecule has 1 aromatic carbocycles. The van der Waals surface area contributed by atoms with Crippen LogP contribution in [0.25, 0.3) is 0 Å². The van der Waals surface area contributed by atoms with Gasteiger partial charge in [0.1, 0.15) is 5.75 Å². The number of hydrogen-bond acceptors (Lipinski definition) is 4. The van der Waals surface area contributed by atoms with E-state index in [0.29, 0.717) is 30.6 Å². The molecular formula is C24H29N3O3. The minimum absolute atomic E-state index is 0.0609. The second kappa shape index (κ2) is 9.28. The Morgan fingerprint density at radius 1 is 1.00 bits per heavy atom. The van der Waals surface area contributed by atoms with Crippen molar-refractivity contribution in [3.05, 3.63) is 60.4 Å². The Labute approximate surface area is 177 Å². The van der Waals surface area contributed by atoms with Crippen LogP contribution in [0.15, 0.2) is 54.9 Å². The molecule has 2 saturated heterocycles. The molecule has 0 radical (unpaired) electrons. The molecule has 1 aromatic heterocycles. The van der Waals surface area contributed by atoms with Crippen LogP contribution >= 0.6 is 0 Å². The van der Waals surface area contributed by atoms with Crippen molar-refractivity contribution in [1.29, 1.82) is 0 Å². The van der Waals surface area contributed by atoms with E-state index in [1.54, 1.807) is 31.5 Å². The average molecular weight is 408 g/mol. The molecule has 2 amide bonds. The number of amides is 2. The molecule has 0 bridgehead atoms. The lowest BCUT2D eigenvalue weighted by Gasteiger charge is -2.36. The third-order valence-electron chi connectivity index (χ3n) is 6.50. The monoisotopic (exact) mass is 407 g/mol. The summed E-state index contributed by atoms with van der Waals surface area (Å²) in [5.41, 5.74) is 0.680. The van der Waals surface area contributed by atoms with Crippen molar-refractivity contribution in [2.75, 3.05) is 32.8 Å². The fourth-order valence-corrected chi connectivity index (χ4v) is 4.81. The number of aromatic nitrogens is 1. The highest BCUT2D eigenvalue weighted by atomic mass is 16.5. The van der Waals surface area contributed by atoms with Gasteiger partial charge in [0.15, 0.2) is 0 Å². The van der Waals surface area contributed by atoms with Crippen molar-refractivity contribution in [2.45, 2.75) is 19.8 Å². The maximum absolute atomic E-state index is 13.0. The van der Waals surface area contributed by atoms with E-state index in [1.807, 2.05) is 40.1 Å². The van der Waals surface area contributed by atoms with Gasteiger partial charge in [0, 0.05) is 57.0 Å². The summed E-state index contributed by atoms with van der Waals surface area (Å²) in [6.07, 6.45) is 5.30. The van der Waals surface area contributed by atoms with Crippen molar-refractivity contribution in [3.63, 3.8) is 0 Å². The van der Waals surface area contributed by atoms with E-state index in [9.17, 15) is 9.59 Å². The van der Waals surface area contributed by atoms with Gasteiger partial charge in [-0.05, 0) is 48.9 Å². The molecule has 0 saturated carbocycles. The molecular weight excluding hydrogens is 378 g/mol. The van der Waals surface area contributed by atoms with Crippen LogP contribution in [0.4, 0.5) is 0 Å². The smallest absolute Gasteiger partial charge is 0.253 e. The van der Waals surface area contributed by atoms with Gasteiger partial charge < -0.3 is 14.5 Å². The number of carbonyl (C=O) groups is 2. The molecule has 0 N–H and O–H groups in total. The van der Waals surface area contributed by atoms with E-state index in [1.165, 1.54) is 0 Å². The molecule has 4 rings (SSSR count). The number of piperidine rings is 1. The molecule has 0 aliphatic carbocycles. The molecule has 3 heterocycles.